The molecule has 5 heteroatoms. The summed E-state index contributed by atoms with van der Waals surface area (Å²) < 4.78 is 5.18. The second-order valence-corrected chi connectivity index (χ2v) is 6.05. The molecule has 0 spiro atoms. The Balaban J connectivity index is 2.52. The summed E-state index contributed by atoms with van der Waals surface area (Å²) >= 11 is 0. The summed E-state index contributed by atoms with van der Waals surface area (Å²) in [5, 5.41) is 3.16. The number of esters is 1. The molecule has 110 valence electrons. The third kappa shape index (κ3) is 4.49. The van der Waals surface area contributed by atoms with Crippen molar-refractivity contribution in [1.82, 2.24) is 10.2 Å². The molecule has 5 nitrogen and oxygen atoms in total. The van der Waals surface area contributed by atoms with E-state index in [0.29, 0.717) is 25.1 Å². The molecule has 0 aliphatic carbocycles. The van der Waals surface area contributed by atoms with E-state index in [4.69, 9.17) is 4.74 Å². The molecular weight excluding hydrogens is 244 g/mol. The van der Waals surface area contributed by atoms with Crippen LogP contribution >= 0.6 is 0 Å². The van der Waals surface area contributed by atoms with E-state index in [9.17, 15) is 9.59 Å². The second-order valence-electron chi connectivity index (χ2n) is 6.05. The lowest BCUT2D eigenvalue weighted by molar-refractivity contribution is -0.154. The Morgan fingerprint density at radius 1 is 1.32 bits per heavy atom. The monoisotopic (exact) mass is 270 g/mol. The van der Waals surface area contributed by atoms with Gasteiger partial charge in [0.25, 0.3) is 0 Å². The molecule has 1 N–H and O–H groups in total. The summed E-state index contributed by atoms with van der Waals surface area (Å²) in [6.45, 7) is 10.7. The van der Waals surface area contributed by atoms with Gasteiger partial charge >= 0.3 is 5.97 Å². The molecule has 1 aliphatic heterocycles. The quantitative estimate of drug-likeness (QED) is 0.741. The largest absolute Gasteiger partial charge is 0.464 e. The van der Waals surface area contributed by atoms with Crippen molar-refractivity contribution in [3.63, 3.8) is 0 Å². The summed E-state index contributed by atoms with van der Waals surface area (Å²) in [6.07, 6.45) is 0.795. The van der Waals surface area contributed by atoms with E-state index in [1.165, 1.54) is 0 Å². The first-order chi connectivity index (χ1) is 8.82. The lowest BCUT2D eigenvalue weighted by atomic mass is 10.0. The number of nitrogens with one attached hydrogen (secondary N) is 1. The van der Waals surface area contributed by atoms with E-state index in [1.54, 1.807) is 11.8 Å². The van der Waals surface area contributed by atoms with Crippen LogP contribution in [0.25, 0.3) is 0 Å². The third-order valence-corrected chi connectivity index (χ3v) is 3.16. The molecular formula is C14H26N2O3. The van der Waals surface area contributed by atoms with Gasteiger partial charge in [0.2, 0.25) is 5.91 Å². The van der Waals surface area contributed by atoms with Gasteiger partial charge in [0.05, 0.1) is 19.3 Å². The molecule has 2 atom stereocenters. The van der Waals surface area contributed by atoms with Crippen LogP contribution in [0.15, 0.2) is 0 Å². The van der Waals surface area contributed by atoms with E-state index >= 15 is 0 Å². The fourth-order valence-electron chi connectivity index (χ4n) is 2.05. The Bertz CT molecular complexity index is 329. The van der Waals surface area contributed by atoms with Crippen molar-refractivity contribution < 1.29 is 14.3 Å². The summed E-state index contributed by atoms with van der Waals surface area (Å²) in [4.78, 5) is 25.6. The molecule has 0 aromatic heterocycles. The second kappa shape index (κ2) is 6.89. The Hall–Kier alpha value is -1.10. The molecule has 0 aromatic carbocycles. The van der Waals surface area contributed by atoms with Crippen LogP contribution in [0, 0.1) is 11.8 Å². The van der Waals surface area contributed by atoms with Crippen LogP contribution in [0.4, 0.5) is 0 Å². The first kappa shape index (κ1) is 16.0. The summed E-state index contributed by atoms with van der Waals surface area (Å²) in [7, 11) is 0. The molecule has 1 heterocycles. The lowest BCUT2D eigenvalue weighted by Crippen LogP contribution is -2.43. The molecule has 0 radical (unpaired) electrons. The van der Waals surface area contributed by atoms with E-state index in [0.717, 1.165) is 6.42 Å². The molecule has 1 rings (SSSR count). The highest BCUT2D eigenvalue weighted by molar-refractivity contribution is 5.88. The van der Waals surface area contributed by atoms with Gasteiger partial charge in [-0.2, -0.15) is 0 Å². The fourth-order valence-corrected chi connectivity index (χ4v) is 2.05. The van der Waals surface area contributed by atoms with Crippen LogP contribution in [0.2, 0.25) is 0 Å². The Morgan fingerprint density at radius 3 is 2.47 bits per heavy atom. The molecule has 19 heavy (non-hydrogen) atoms. The van der Waals surface area contributed by atoms with Crippen LogP contribution in [-0.2, 0) is 14.3 Å². The van der Waals surface area contributed by atoms with Gasteiger partial charge in [-0.3, -0.25) is 10.1 Å². The molecule has 1 unspecified atom stereocenters. The van der Waals surface area contributed by atoms with Crippen LogP contribution in [0.1, 0.15) is 41.0 Å². The van der Waals surface area contributed by atoms with E-state index in [1.807, 2.05) is 13.8 Å². The Labute approximate surface area is 115 Å². The highest BCUT2D eigenvalue weighted by Gasteiger charge is 2.37. The SMILES string of the molecule is CC(C)COC(=O)C(C)N1CN[C@@H](CC(C)C)C1=O. The maximum Gasteiger partial charge on any atom is 0.328 e. The molecule has 1 amide bonds. The highest BCUT2D eigenvalue weighted by Crippen LogP contribution is 2.15. The van der Waals surface area contributed by atoms with E-state index in [-0.39, 0.29) is 17.9 Å². The van der Waals surface area contributed by atoms with Crippen LogP contribution in [0.3, 0.4) is 0 Å². The summed E-state index contributed by atoms with van der Waals surface area (Å²) in [5.41, 5.74) is 0. The third-order valence-electron chi connectivity index (χ3n) is 3.16. The smallest absolute Gasteiger partial charge is 0.328 e. The number of amides is 1. The lowest BCUT2D eigenvalue weighted by Gasteiger charge is -2.22. The van der Waals surface area contributed by atoms with Crippen LogP contribution < -0.4 is 5.32 Å². The number of ether oxygens (including phenoxy) is 1. The van der Waals surface area contributed by atoms with Gasteiger partial charge in [-0.15, -0.1) is 0 Å². The van der Waals surface area contributed by atoms with Gasteiger partial charge in [-0.05, 0) is 25.2 Å². The first-order valence-electron chi connectivity index (χ1n) is 7.03. The predicted octanol–water partition coefficient (Wildman–Crippen LogP) is 1.38. The average molecular weight is 270 g/mol. The van der Waals surface area contributed by atoms with Gasteiger partial charge in [0.1, 0.15) is 6.04 Å². The van der Waals surface area contributed by atoms with Gasteiger partial charge in [0, 0.05) is 0 Å². The molecule has 0 saturated carbocycles. The molecule has 1 fully saturated rings. The number of nitrogens with zero attached hydrogens (tertiary/aromatic N) is 1. The van der Waals surface area contributed by atoms with Gasteiger partial charge < -0.3 is 9.64 Å². The minimum absolute atomic E-state index is 0.00250. The number of carbonyl (C=O) groups is 2. The van der Waals surface area contributed by atoms with Gasteiger partial charge in [-0.1, -0.05) is 27.7 Å². The predicted molar refractivity (Wildman–Crippen MR) is 73.4 cm³/mol. The van der Waals surface area contributed by atoms with E-state index < -0.39 is 6.04 Å². The van der Waals surface area contributed by atoms with Crippen molar-refractivity contribution in [1.29, 1.82) is 0 Å². The fraction of sp³-hybridized carbons (Fsp3) is 0.857. The van der Waals surface area contributed by atoms with Crippen LogP contribution in [0.5, 0.6) is 0 Å². The van der Waals surface area contributed by atoms with Crippen molar-refractivity contribution in [3.8, 4) is 0 Å². The van der Waals surface area contributed by atoms with Crippen molar-refractivity contribution in [2.24, 2.45) is 11.8 Å². The maximum absolute atomic E-state index is 12.2. The van der Waals surface area contributed by atoms with Crippen molar-refractivity contribution in [3.05, 3.63) is 0 Å². The van der Waals surface area contributed by atoms with Crippen molar-refractivity contribution in [2.75, 3.05) is 13.3 Å². The Morgan fingerprint density at radius 2 is 1.95 bits per heavy atom. The molecule has 0 bridgehead atoms. The number of hydrogen-bond donors (Lipinski definition) is 1. The molecule has 1 aliphatic rings. The van der Waals surface area contributed by atoms with Crippen LogP contribution in [-0.4, -0.2) is 42.1 Å². The highest BCUT2D eigenvalue weighted by atomic mass is 16.5. The van der Waals surface area contributed by atoms with Gasteiger partial charge in [-0.25, -0.2) is 4.79 Å². The van der Waals surface area contributed by atoms with Gasteiger partial charge in [0.15, 0.2) is 0 Å². The zero-order chi connectivity index (χ0) is 14.6. The zero-order valence-electron chi connectivity index (χ0n) is 12.6. The topological polar surface area (TPSA) is 58.6 Å². The zero-order valence-corrected chi connectivity index (χ0v) is 12.6. The normalized spacial score (nSPS) is 21.3. The first-order valence-corrected chi connectivity index (χ1v) is 7.03. The summed E-state index contributed by atoms with van der Waals surface area (Å²) in [6, 6.07) is -0.684. The molecule has 1 saturated heterocycles. The number of hydrogen-bond acceptors (Lipinski definition) is 4. The number of carbonyl (C=O) groups excluding carboxylic acids is 2. The summed E-state index contributed by atoms with van der Waals surface area (Å²) in [5.74, 6) is 0.429. The number of rotatable bonds is 6. The minimum atomic E-state index is -0.518. The van der Waals surface area contributed by atoms with Crippen molar-refractivity contribution >= 4 is 11.9 Å². The van der Waals surface area contributed by atoms with E-state index in [2.05, 4.69) is 19.2 Å². The standard InChI is InChI=1S/C14H26N2O3/c1-9(2)6-12-13(17)16(8-15-12)11(5)14(18)19-7-10(3)4/h9-12,15H,6-8H2,1-5H3/t11?,12-/m0/s1. The van der Waals surface area contributed by atoms with Crippen molar-refractivity contribution in [2.45, 2.75) is 53.1 Å². The minimum Gasteiger partial charge on any atom is -0.464 e. The Kier molecular flexibility index (Phi) is 5.79. The molecule has 0 aromatic rings. The maximum atomic E-state index is 12.2. The average Bonchev–Trinajstić information content (AvgIpc) is 2.66.